The lowest BCUT2D eigenvalue weighted by molar-refractivity contribution is -0.142. The summed E-state index contributed by atoms with van der Waals surface area (Å²) in [5.74, 6) is -1.20. The number of rotatable bonds is 7. The number of hydrogen-bond donors (Lipinski definition) is 3. The van der Waals surface area contributed by atoms with E-state index in [0.29, 0.717) is 11.3 Å². The molecule has 0 bridgehead atoms. The fourth-order valence-electron chi connectivity index (χ4n) is 1.50. The van der Waals surface area contributed by atoms with Gasteiger partial charge in [0.2, 0.25) is 0 Å². The summed E-state index contributed by atoms with van der Waals surface area (Å²) in [7, 11) is 0. The largest absolute Gasteiger partial charge is 0.484 e. The number of carboxylic acids is 1. The topological polar surface area (TPSA) is 120 Å². The molecule has 0 fully saturated rings. The van der Waals surface area contributed by atoms with Crippen LogP contribution in [0.15, 0.2) is 24.3 Å². The number of nitrogens with zero attached hydrogens (tertiary/aromatic N) is 1. The van der Waals surface area contributed by atoms with Gasteiger partial charge in [-0.1, -0.05) is 0 Å². The van der Waals surface area contributed by atoms with Crippen molar-refractivity contribution in [2.75, 3.05) is 13.2 Å². The smallest absolute Gasteiger partial charge is 0.306 e. The van der Waals surface area contributed by atoms with Gasteiger partial charge in [-0.05, 0) is 31.2 Å². The first-order valence-electron chi connectivity index (χ1n) is 6.16. The minimum Gasteiger partial charge on any atom is -0.484 e. The van der Waals surface area contributed by atoms with E-state index in [-0.39, 0.29) is 13.2 Å². The maximum absolute atomic E-state index is 11.5. The molecular weight excluding hydrogens is 276 g/mol. The van der Waals surface area contributed by atoms with E-state index in [1.807, 2.05) is 6.07 Å². The van der Waals surface area contributed by atoms with Gasteiger partial charge in [-0.15, -0.1) is 0 Å². The second kappa shape index (κ2) is 7.26. The van der Waals surface area contributed by atoms with Crippen LogP contribution in [0.3, 0.4) is 0 Å². The lowest BCUT2D eigenvalue weighted by Gasteiger charge is -2.21. The Hall–Kier alpha value is -2.59. The molecule has 1 aromatic rings. The first-order valence-corrected chi connectivity index (χ1v) is 6.16. The number of ether oxygens (including phenoxy) is 1. The van der Waals surface area contributed by atoms with E-state index in [9.17, 15) is 14.7 Å². The Morgan fingerprint density at radius 3 is 2.52 bits per heavy atom. The summed E-state index contributed by atoms with van der Waals surface area (Å²) in [4.78, 5) is 22.0. The SMILES string of the molecule is CC(O)(CNC(=O)COc1ccc(C#N)cc1)CC(=O)O. The molecule has 1 rings (SSSR count). The molecule has 0 radical (unpaired) electrons. The van der Waals surface area contributed by atoms with Crippen LogP contribution in [0.4, 0.5) is 0 Å². The molecule has 0 saturated heterocycles. The fourth-order valence-corrected chi connectivity index (χ4v) is 1.50. The Morgan fingerprint density at radius 1 is 1.38 bits per heavy atom. The predicted molar refractivity (Wildman–Crippen MR) is 72.5 cm³/mol. The van der Waals surface area contributed by atoms with E-state index in [1.54, 1.807) is 24.3 Å². The summed E-state index contributed by atoms with van der Waals surface area (Å²) < 4.78 is 5.19. The molecule has 1 amide bonds. The van der Waals surface area contributed by atoms with Gasteiger partial charge < -0.3 is 20.3 Å². The third-order valence-electron chi connectivity index (χ3n) is 2.55. The Labute approximate surface area is 121 Å². The molecule has 112 valence electrons. The number of nitriles is 1. The highest BCUT2D eigenvalue weighted by molar-refractivity contribution is 5.77. The van der Waals surface area contributed by atoms with Gasteiger partial charge in [-0.3, -0.25) is 9.59 Å². The van der Waals surface area contributed by atoms with E-state index < -0.39 is 23.9 Å². The van der Waals surface area contributed by atoms with Gasteiger partial charge >= 0.3 is 5.97 Å². The summed E-state index contributed by atoms with van der Waals surface area (Å²) in [6, 6.07) is 8.21. The molecule has 1 atom stereocenters. The molecule has 3 N–H and O–H groups in total. The molecule has 7 heteroatoms. The molecule has 1 unspecified atom stereocenters. The Morgan fingerprint density at radius 2 is 2.00 bits per heavy atom. The van der Waals surface area contributed by atoms with E-state index >= 15 is 0 Å². The Kier molecular flexibility index (Phi) is 5.69. The zero-order chi connectivity index (χ0) is 15.9. The second-order valence-electron chi connectivity index (χ2n) is 4.77. The van der Waals surface area contributed by atoms with Crippen LogP contribution < -0.4 is 10.1 Å². The van der Waals surface area contributed by atoms with E-state index in [0.717, 1.165) is 0 Å². The standard InChI is InChI=1S/C14H16N2O5/c1-14(20,6-13(18)19)9-16-12(17)8-21-11-4-2-10(7-15)3-5-11/h2-5,20H,6,8-9H2,1H3,(H,16,17)(H,18,19). The van der Waals surface area contributed by atoms with Gasteiger partial charge in [0.1, 0.15) is 5.75 Å². The van der Waals surface area contributed by atoms with Crippen molar-refractivity contribution in [2.45, 2.75) is 18.9 Å². The first kappa shape index (κ1) is 16.5. The minimum absolute atomic E-state index is 0.186. The van der Waals surface area contributed by atoms with Gasteiger partial charge in [0.05, 0.1) is 23.7 Å². The monoisotopic (exact) mass is 292 g/mol. The predicted octanol–water partition coefficient (Wildman–Crippen LogP) is 0.279. The van der Waals surface area contributed by atoms with Gasteiger partial charge in [-0.2, -0.15) is 5.26 Å². The molecule has 0 heterocycles. The van der Waals surface area contributed by atoms with Crippen LogP contribution in [0.25, 0.3) is 0 Å². The number of nitrogens with one attached hydrogen (secondary N) is 1. The van der Waals surface area contributed by atoms with Crippen molar-refractivity contribution in [2.24, 2.45) is 0 Å². The van der Waals surface area contributed by atoms with E-state index in [1.165, 1.54) is 6.92 Å². The van der Waals surface area contributed by atoms with Crippen LogP contribution in [0.5, 0.6) is 5.75 Å². The van der Waals surface area contributed by atoms with Crippen molar-refractivity contribution in [1.29, 1.82) is 5.26 Å². The number of benzene rings is 1. The van der Waals surface area contributed by atoms with Crippen LogP contribution in [-0.2, 0) is 9.59 Å². The second-order valence-corrected chi connectivity index (χ2v) is 4.77. The molecule has 0 aromatic heterocycles. The summed E-state index contributed by atoms with van der Waals surface area (Å²) in [6.07, 6.45) is -0.468. The van der Waals surface area contributed by atoms with Crippen molar-refractivity contribution in [3.63, 3.8) is 0 Å². The lowest BCUT2D eigenvalue weighted by atomic mass is 10.0. The Bertz CT molecular complexity index is 545. The summed E-state index contributed by atoms with van der Waals surface area (Å²) >= 11 is 0. The molecule has 0 saturated carbocycles. The van der Waals surface area contributed by atoms with Crippen molar-refractivity contribution in [1.82, 2.24) is 5.32 Å². The molecule has 1 aromatic carbocycles. The molecule has 0 aliphatic heterocycles. The third-order valence-corrected chi connectivity index (χ3v) is 2.55. The van der Waals surface area contributed by atoms with Crippen LogP contribution in [0.1, 0.15) is 18.9 Å². The maximum atomic E-state index is 11.5. The summed E-state index contributed by atoms with van der Waals surface area (Å²) in [6.45, 7) is 0.868. The molecular formula is C14H16N2O5. The average molecular weight is 292 g/mol. The quantitative estimate of drug-likeness (QED) is 0.664. The zero-order valence-corrected chi connectivity index (χ0v) is 11.5. The maximum Gasteiger partial charge on any atom is 0.306 e. The number of carbonyl (C=O) groups excluding carboxylic acids is 1. The summed E-state index contributed by atoms with van der Waals surface area (Å²) in [5, 5.41) is 29.3. The third kappa shape index (κ3) is 6.40. The van der Waals surface area contributed by atoms with Crippen molar-refractivity contribution in [3.05, 3.63) is 29.8 Å². The first-order chi connectivity index (χ1) is 9.82. The highest BCUT2D eigenvalue weighted by atomic mass is 16.5. The van der Waals surface area contributed by atoms with E-state index in [2.05, 4.69) is 5.32 Å². The fraction of sp³-hybridized carbons (Fsp3) is 0.357. The molecule has 0 aliphatic rings. The van der Waals surface area contributed by atoms with Gasteiger partial charge in [0.15, 0.2) is 6.61 Å². The van der Waals surface area contributed by atoms with Crippen molar-refractivity contribution in [3.8, 4) is 11.8 Å². The van der Waals surface area contributed by atoms with Crippen molar-refractivity contribution < 1.29 is 24.5 Å². The van der Waals surface area contributed by atoms with Crippen LogP contribution in [-0.4, -0.2) is 40.8 Å². The molecule has 0 spiro atoms. The van der Waals surface area contributed by atoms with Crippen LogP contribution >= 0.6 is 0 Å². The van der Waals surface area contributed by atoms with Gasteiger partial charge in [-0.25, -0.2) is 0 Å². The van der Waals surface area contributed by atoms with Gasteiger partial charge in [0.25, 0.3) is 5.91 Å². The highest BCUT2D eigenvalue weighted by Gasteiger charge is 2.24. The molecule has 0 aliphatic carbocycles. The minimum atomic E-state index is -1.52. The number of aliphatic carboxylic acids is 1. The number of carboxylic acid groups (broad SMARTS) is 1. The van der Waals surface area contributed by atoms with Crippen LogP contribution in [0.2, 0.25) is 0 Å². The summed E-state index contributed by atoms with van der Waals surface area (Å²) in [5.41, 5.74) is -1.04. The highest BCUT2D eigenvalue weighted by Crippen LogP contribution is 2.11. The number of amides is 1. The van der Waals surface area contributed by atoms with E-state index in [4.69, 9.17) is 15.1 Å². The molecule has 21 heavy (non-hydrogen) atoms. The lowest BCUT2D eigenvalue weighted by Crippen LogP contribution is -2.43. The zero-order valence-electron chi connectivity index (χ0n) is 11.5. The molecule has 7 nitrogen and oxygen atoms in total. The average Bonchev–Trinajstić information content (AvgIpc) is 2.42. The van der Waals surface area contributed by atoms with Gasteiger partial charge in [0, 0.05) is 6.54 Å². The number of hydrogen-bond acceptors (Lipinski definition) is 5. The number of aliphatic hydroxyl groups is 1. The Balaban J connectivity index is 2.37. The van der Waals surface area contributed by atoms with Crippen molar-refractivity contribution >= 4 is 11.9 Å². The normalized spacial score (nSPS) is 12.8. The van der Waals surface area contributed by atoms with Crippen LogP contribution in [0, 0.1) is 11.3 Å². The number of carbonyl (C=O) groups is 2.